The van der Waals surface area contributed by atoms with E-state index in [1.807, 2.05) is 0 Å². The maximum absolute atomic E-state index is 11.6. The van der Waals surface area contributed by atoms with Gasteiger partial charge < -0.3 is 34.3 Å². The number of aliphatic hydroxyl groups is 4. The lowest BCUT2D eigenvalue weighted by molar-refractivity contribution is -0.277. The van der Waals surface area contributed by atoms with Crippen molar-refractivity contribution in [2.45, 2.75) is 37.6 Å². The molecule has 130 valence electrons. The normalized spacial score (nSPS) is 30.5. The van der Waals surface area contributed by atoms with E-state index < -0.39 is 42.9 Å². The monoisotopic (exact) mass is 338 g/mol. The number of hydrogen-bond acceptors (Lipinski definition) is 8. The summed E-state index contributed by atoms with van der Waals surface area (Å²) in [6.45, 7) is 1.10. The third kappa shape index (κ3) is 3.02. The number of ether oxygens (including phenoxy) is 2. The molecular formula is C16H18O8. The molecule has 0 aliphatic carbocycles. The first-order valence-electron chi connectivity index (χ1n) is 7.42. The van der Waals surface area contributed by atoms with Crippen molar-refractivity contribution >= 4 is 11.0 Å². The standard InChI is InChI=1S/C16H18O8/c1-7-4-8-2-3-9(5-10(8)23-15(7)21)22-16-14(20)13(19)12(18)11(6-17)24-16/h2-5,11-14,16-20H,6H2,1H3/t11-,12-,13+,14+,16-/m1/s1. The second-order valence-electron chi connectivity index (χ2n) is 5.73. The summed E-state index contributed by atoms with van der Waals surface area (Å²) < 4.78 is 15.9. The van der Waals surface area contributed by atoms with Gasteiger partial charge in [-0.05, 0) is 25.1 Å². The number of benzene rings is 1. The van der Waals surface area contributed by atoms with E-state index in [-0.39, 0.29) is 5.75 Å². The Bertz CT molecular complexity index is 783. The van der Waals surface area contributed by atoms with Gasteiger partial charge in [-0.25, -0.2) is 4.79 Å². The fourth-order valence-corrected chi connectivity index (χ4v) is 2.57. The van der Waals surface area contributed by atoms with Gasteiger partial charge in [-0.1, -0.05) is 0 Å². The average molecular weight is 338 g/mol. The lowest BCUT2D eigenvalue weighted by Crippen LogP contribution is -2.60. The van der Waals surface area contributed by atoms with Gasteiger partial charge in [0.05, 0.1) is 6.61 Å². The van der Waals surface area contributed by atoms with Crippen molar-refractivity contribution in [2.75, 3.05) is 6.61 Å². The molecule has 1 saturated heterocycles. The van der Waals surface area contributed by atoms with E-state index in [0.717, 1.165) is 0 Å². The predicted molar refractivity (Wildman–Crippen MR) is 81.6 cm³/mol. The zero-order chi connectivity index (χ0) is 17.4. The van der Waals surface area contributed by atoms with E-state index in [9.17, 15) is 20.1 Å². The minimum atomic E-state index is -1.53. The Labute approximate surface area is 136 Å². The second kappa shape index (κ2) is 6.50. The smallest absolute Gasteiger partial charge is 0.339 e. The zero-order valence-electron chi connectivity index (χ0n) is 12.8. The van der Waals surface area contributed by atoms with Crippen LogP contribution in [0.3, 0.4) is 0 Å². The van der Waals surface area contributed by atoms with Crippen LogP contribution < -0.4 is 10.4 Å². The fourth-order valence-electron chi connectivity index (χ4n) is 2.57. The fraction of sp³-hybridized carbons (Fsp3) is 0.438. The van der Waals surface area contributed by atoms with Gasteiger partial charge in [0.15, 0.2) is 0 Å². The Morgan fingerprint density at radius 2 is 1.88 bits per heavy atom. The van der Waals surface area contributed by atoms with E-state index in [2.05, 4.69) is 0 Å². The number of hydrogen-bond donors (Lipinski definition) is 4. The molecule has 8 nitrogen and oxygen atoms in total. The first-order chi connectivity index (χ1) is 11.4. The highest BCUT2D eigenvalue weighted by Crippen LogP contribution is 2.26. The minimum absolute atomic E-state index is 0.235. The SMILES string of the molecule is Cc1cc2ccc(O[C@@H]3O[C@H](CO)[C@@H](O)[C@H](O)[C@@H]3O)cc2oc1=O. The third-order valence-electron chi connectivity index (χ3n) is 3.98. The molecule has 8 heteroatoms. The van der Waals surface area contributed by atoms with Crippen LogP contribution in [0, 0.1) is 6.92 Å². The van der Waals surface area contributed by atoms with Gasteiger partial charge in [0, 0.05) is 17.0 Å². The molecule has 0 bridgehead atoms. The van der Waals surface area contributed by atoms with Gasteiger partial charge in [-0.15, -0.1) is 0 Å². The Morgan fingerprint density at radius 3 is 2.58 bits per heavy atom. The van der Waals surface area contributed by atoms with Crippen molar-refractivity contribution in [2.24, 2.45) is 0 Å². The van der Waals surface area contributed by atoms with Gasteiger partial charge in [-0.3, -0.25) is 0 Å². The van der Waals surface area contributed by atoms with Crippen molar-refractivity contribution in [3.05, 3.63) is 40.2 Å². The van der Waals surface area contributed by atoms with Crippen molar-refractivity contribution in [1.82, 2.24) is 0 Å². The second-order valence-corrected chi connectivity index (χ2v) is 5.73. The van der Waals surface area contributed by atoms with Crippen LogP contribution >= 0.6 is 0 Å². The summed E-state index contributed by atoms with van der Waals surface area (Å²) >= 11 is 0. The molecule has 1 fully saturated rings. The van der Waals surface area contributed by atoms with Gasteiger partial charge in [0.25, 0.3) is 0 Å². The van der Waals surface area contributed by atoms with Crippen LogP contribution in [0.1, 0.15) is 5.56 Å². The van der Waals surface area contributed by atoms with Gasteiger partial charge in [0.1, 0.15) is 35.7 Å². The van der Waals surface area contributed by atoms with Crippen LogP contribution in [0.2, 0.25) is 0 Å². The van der Waals surface area contributed by atoms with Gasteiger partial charge in [-0.2, -0.15) is 0 Å². The van der Waals surface area contributed by atoms with Crippen molar-refractivity contribution in [3.8, 4) is 5.75 Å². The van der Waals surface area contributed by atoms with Crippen LogP contribution in [-0.2, 0) is 4.74 Å². The first-order valence-corrected chi connectivity index (χ1v) is 7.42. The lowest BCUT2D eigenvalue weighted by Gasteiger charge is -2.39. The molecule has 0 spiro atoms. The molecule has 0 radical (unpaired) electrons. The molecule has 1 aromatic heterocycles. The highest BCUT2D eigenvalue weighted by Gasteiger charge is 2.44. The molecule has 24 heavy (non-hydrogen) atoms. The number of aryl methyl sites for hydroxylation is 1. The summed E-state index contributed by atoms with van der Waals surface area (Å²) in [5, 5.41) is 39.3. The number of aliphatic hydroxyl groups excluding tert-OH is 4. The Balaban J connectivity index is 1.86. The highest BCUT2D eigenvalue weighted by molar-refractivity contribution is 5.78. The van der Waals surface area contributed by atoms with Gasteiger partial charge >= 0.3 is 5.63 Å². The molecular weight excluding hydrogens is 320 g/mol. The summed E-state index contributed by atoms with van der Waals surface area (Å²) in [5.41, 5.74) is 0.310. The number of fused-ring (bicyclic) bond motifs is 1. The van der Waals surface area contributed by atoms with Crippen LogP contribution in [-0.4, -0.2) is 57.7 Å². The Morgan fingerprint density at radius 1 is 1.12 bits per heavy atom. The van der Waals surface area contributed by atoms with E-state index >= 15 is 0 Å². The van der Waals surface area contributed by atoms with Crippen LogP contribution in [0.4, 0.5) is 0 Å². The topological polar surface area (TPSA) is 130 Å². The zero-order valence-corrected chi connectivity index (χ0v) is 12.8. The summed E-state index contributed by atoms with van der Waals surface area (Å²) in [6, 6.07) is 6.39. The highest BCUT2D eigenvalue weighted by atomic mass is 16.7. The molecule has 1 aliphatic heterocycles. The van der Waals surface area contributed by atoms with Gasteiger partial charge in [0.2, 0.25) is 6.29 Å². The van der Waals surface area contributed by atoms with Crippen molar-refractivity contribution < 1.29 is 34.3 Å². The van der Waals surface area contributed by atoms with E-state index in [4.69, 9.17) is 19.0 Å². The number of rotatable bonds is 3. The van der Waals surface area contributed by atoms with E-state index in [0.29, 0.717) is 16.5 Å². The molecule has 2 aromatic rings. The molecule has 1 aromatic carbocycles. The molecule has 3 rings (SSSR count). The maximum atomic E-state index is 11.6. The molecule has 4 N–H and O–H groups in total. The largest absolute Gasteiger partial charge is 0.462 e. The molecule has 0 unspecified atom stereocenters. The molecule has 0 amide bonds. The summed E-state index contributed by atoms with van der Waals surface area (Å²) in [5.74, 6) is 0.235. The quantitative estimate of drug-likeness (QED) is 0.540. The minimum Gasteiger partial charge on any atom is -0.462 e. The third-order valence-corrected chi connectivity index (χ3v) is 3.98. The van der Waals surface area contributed by atoms with Crippen molar-refractivity contribution in [1.29, 1.82) is 0 Å². The molecule has 2 heterocycles. The summed E-state index contributed by atoms with van der Waals surface area (Å²) in [7, 11) is 0. The maximum Gasteiger partial charge on any atom is 0.339 e. The molecule has 1 aliphatic rings. The Kier molecular flexibility index (Phi) is 4.57. The van der Waals surface area contributed by atoms with Crippen LogP contribution in [0.25, 0.3) is 11.0 Å². The van der Waals surface area contributed by atoms with Crippen LogP contribution in [0.15, 0.2) is 33.5 Å². The molecule has 0 saturated carbocycles. The molecule has 5 atom stereocenters. The summed E-state index contributed by atoms with van der Waals surface area (Å²) in [6.07, 6.45) is -6.85. The average Bonchev–Trinajstić information content (AvgIpc) is 2.56. The first kappa shape index (κ1) is 16.9. The van der Waals surface area contributed by atoms with E-state index in [1.165, 1.54) is 6.07 Å². The van der Waals surface area contributed by atoms with E-state index in [1.54, 1.807) is 25.1 Å². The summed E-state index contributed by atoms with van der Waals surface area (Å²) in [4.78, 5) is 11.6. The Hall–Kier alpha value is -1.97. The van der Waals surface area contributed by atoms with Crippen LogP contribution in [0.5, 0.6) is 5.75 Å². The lowest BCUT2D eigenvalue weighted by atomic mass is 9.99. The van der Waals surface area contributed by atoms with Crippen molar-refractivity contribution in [3.63, 3.8) is 0 Å². The predicted octanol–water partition coefficient (Wildman–Crippen LogP) is -0.720.